The zero-order valence-corrected chi connectivity index (χ0v) is 10.8. The molecule has 0 saturated heterocycles. The molecule has 1 rings (SSSR count). The van der Waals surface area contributed by atoms with Crippen molar-refractivity contribution in [2.75, 3.05) is 26.0 Å². The fourth-order valence-electron chi connectivity index (χ4n) is 1.70. The van der Waals surface area contributed by atoms with E-state index in [0.717, 1.165) is 13.0 Å². The Kier molecular flexibility index (Phi) is 5.67. The normalized spacial score (nSPS) is 12.4. The lowest BCUT2D eigenvalue weighted by Crippen LogP contribution is -2.35. The molecule has 0 aliphatic heterocycles. The molecule has 1 heterocycles. The van der Waals surface area contributed by atoms with E-state index in [-0.39, 0.29) is 19.1 Å². The molecule has 1 unspecified atom stereocenters. The lowest BCUT2D eigenvalue weighted by Gasteiger charge is -2.12. The van der Waals surface area contributed by atoms with Gasteiger partial charge in [-0.05, 0) is 12.5 Å². The van der Waals surface area contributed by atoms with Gasteiger partial charge in [-0.1, -0.05) is 6.92 Å². The van der Waals surface area contributed by atoms with E-state index in [4.69, 9.17) is 10.5 Å². The van der Waals surface area contributed by atoms with E-state index in [0.29, 0.717) is 11.4 Å². The van der Waals surface area contributed by atoms with Gasteiger partial charge in [0.05, 0.1) is 18.4 Å². The zero-order chi connectivity index (χ0) is 13.5. The molecule has 0 spiro atoms. The van der Waals surface area contributed by atoms with E-state index in [1.54, 1.807) is 12.3 Å². The number of aliphatic hydroxyl groups excluding tert-OH is 1. The molecule has 0 aliphatic rings. The number of nitrogens with one attached hydrogen (secondary N) is 1. The fraction of sp³-hybridized carbons (Fsp3) is 0.583. The highest BCUT2D eigenvalue weighted by molar-refractivity contribution is 5.93. The maximum atomic E-state index is 11.9. The van der Waals surface area contributed by atoms with Gasteiger partial charge in [-0.2, -0.15) is 0 Å². The number of ether oxygens (including phenoxy) is 1. The number of aromatic nitrogens is 1. The molecule has 1 aromatic rings. The first-order chi connectivity index (χ1) is 8.58. The minimum absolute atomic E-state index is 0.157. The highest BCUT2D eigenvalue weighted by Gasteiger charge is 2.13. The van der Waals surface area contributed by atoms with Crippen molar-refractivity contribution in [1.29, 1.82) is 0 Å². The summed E-state index contributed by atoms with van der Waals surface area (Å²) in [5, 5.41) is 12.1. The number of aliphatic hydroxyl groups is 1. The summed E-state index contributed by atoms with van der Waals surface area (Å²) < 4.78 is 6.59. The lowest BCUT2D eigenvalue weighted by molar-refractivity contribution is 0.0607. The van der Waals surface area contributed by atoms with Crippen LogP contribution in [0.15, 0.2) is 12.3 Å². The Hall–Kier alpha value is -1.53. The number of nitrogens with zero attached hydrogens (tertiary/aromatic N) is 1. The SMILES string of the molecule is CCCn1cc(N)cc1C(=O)NCC(O)COC. The number of nitrogen functional groups attached to an aromatic ring is 1. The van der Waals surface area contributed by atoms with Gasteiger partial charge in [0.25, 0.3) is 5.91 Å². The van der Waals surface area contributed by atoms with Crippen LogP contribution in [0.2, 0.25) is 0 Å². The van der Waals surface area contributed by atoms with Gasteiger partial charge >= 0.3 is 0 Å². The summed E-state index contributed by atoms with van der Waals surface area (Å²) in [4.78, 5) is 11.9. The van der Waals surface area contributed by atoms with Crippen LogP contribution in [0.4, 0.5) is 5.69 Å². The van der Waals surface area contributed by atoms with Crippen LogP contribution in [0, 0.1) is 0 Å². The van der Waals surface area contributed by atoms with Crippen molar-refractivity contribution in [2.24, 2.45) is 0 Å². The van der Waals surface area contributed by atoms with Gasteiger partial charge < -0.3 is 25.5 Å². The van der Waals surface area contributed by atoms with Gasteiger partial charge in [-0.15, -0.1) is 0 Å². The predicted octanol–water partition coefficient (Wildman–Crippen LogP) is 0.217. The monoisotopic (exact) mass is 255 g/mol. The van der Waals surface area contributed by atoms with Crippen LogP contribution in [-0.2, 0) is 11.3 Å². The summed E-state index contributed by atoms with van der Waals surface area (Å²) in [5.41, 5.74) is 6.76. The number of carbonyl (C=O) groups is 1. The average Bonchev–Trinajstić information content (AvgIpc) is 2.68. The second-order valence-corrected chi connectivity index (χ2v) is 4.17. The minimum Gasteiger partial charge on any atom is -0.397 e. The molecule has 6 nitrogen and oxygen atoms in total. The van der Waals surface area contributed by atoms with Crippen LogP contribution in [0.25, 0.3) is 0 Å². The second kappa shape index (κ2) is 7.03. The van der Waals surface area contributed by atoms with Crippen molar-refractivity contribution >= 4 is 11.6 Å². The molecule has 4 N–H and O–H groups in total. The van der Waals surface area contributed by atoms with Crippen molar-refractivity contribution in [3.8, 4) is 0 Å². The van der Waals surface area contributed by atoms with Crippen LogP contribution >= 0.6 is 0 Å². The number of hydrogen-bond donors (Lipinski definition) is 3. The van der Waals surface area contributed by atoms with Gasteiger partial charge in [-0.3, -0.25) is 4.79 Å². The van der Waals surface area contributed by atoms with Gasteiger partial charge in [-0.25, -0.2) is 0 Å². The summed E-state index contributed by atoms with van der Waals surface area (Å²) in [7, 11) is 1.50. The highest BCUT2D eigenvalue weighted by atomic mass is 16.5. The maximum absolute atomic E-state index is 11.9. The molecule has 0 radical (unpaired) electrons. The van der Waals surface area contributed by atoms with Crippen molar-refractivity contribution in [1.82, 2.24) is 9.88 Å². The third-order valence-corrected chi connectivity index (χ3v) is 2.47. The Bertz CT molecular complexity index is 390. The summed E-state index contributed by atoms with van der Waals surface area (Å²) in [6, 6.07) is 1.63. The second-order valence-electron chi connectivity index (χ2n) is 4.17. The smallest absolute Gasteiger partial charge is 0.268 e. The van der Waals surface area contributed by atoms with Gasteiger partial charge in [0.1, 0.15) is 5.69 Å². The largest absolute Gasteiger partial charge is 0.397 e. The van der Waals surface area contributed by atoms with Crippen LogP contribution in [0.5, 0.6) is 0 Å². The Morgan fingerprint density at radius 3 is 3.00 bits per heavy atom. The van der Waals surface area contributed by atoms with Crippen molar-refractivity contribution < 1.29 is 14.6 Å². The summed E-state index contributed by atoms with van der Waals surface area (Å²) in [6.45, 7) is 3.11. The van der Waals surface area contributed by atoms with E-state index in [9.17, 15) is 9.90 Å². The van der Waals surface area contributed by atoms with Crippen LogP contribution in [-0.4, -0.2) is 41.9 Å². The third-order valence-electron chi connectivity index (χ3n) is 2.47. The van der Waals surface area contributed by atoms with E-state index in [2.05, 4.69) is 5.32 Å². The molecular weight excluding hydrogens is 234 g/mol. The summed E-state index contributed by atoms with van der Waals surface area (Å²) >= 11 is 0. The Morgan fingerprint density at radius 1 is 1.67 bits per heavy atom. The molecule has 0 aromatic carbocycles. The Labute approximate surface area is 107 Å². The molecule has 1 atom stereocenters. The molecule has 0 fully saturated rings. The van der Waals surface area contributed by atoms with Gasteiger partial charge in [0.15, 0.2) is 0 Å². The zero-order valence-electron chi connectivity index (χ0n) is 10.8. The number of rotatable bonds is 7. The number of nitrogens with two attached hydrogens (primary N) is 1. The Morgan fingerprint density at radius 2 is 2.39 bits per heavy atom. The Balaban J connectivity index is 2.60. The molecule has 102 valence electrons. The number of carbonyl (C=O) groups excluding carboxylic acids is 1. The van der Waals surface area contributed by atoms with E-state index < -0.39 is 6.10 Å². The average molecular weight is 255 g/mol. The van der Waals surface area contributed by atoms with Gasteiger partial charge in [0, 0.05) is 26.4 Å². The van der Waals surface area contributed by atoms with Crippen molar-refractivity contribution in [2.45, 2.75) is 26.0 Å². The summed E-state index contributed by atoms with van der Waals surface area (Å²) in [5.74, 6) is -0.240. The maximum Gasteiger partial charge on any atom is 0.268 e. The van der Waals surface area contributed by atoms with Crippen LogP contribution < -0.4 is 11.1 Å². The van der Waals surface area contributed by atoms with E-state index in [1.165, 1.54) is 7.11 Å². The molecule has 0 aliphatic carbocycles. The molecule has 6 heteroatoms. The topological polar surface area (TPSA) is 89.5 Å². The number of anilines is 1. The number of methoxy groups -OCH3 is 1. The first-order valence-corrected chi connectivity index (χ1v) is 5.99. The van der Waals surface area contributed by atoms with Crippen LogP contribution in [0.1, 0.15) is 23.8 Å². The van der Waals surface area contributed by atoms with E-state index in [1.807, 2.05) is 11.5 Å². The van der Waals surface area contributed by atoms with E-state index >= 15 is 0 Å². The van der Waals surface area contributed by atoms with Gasteiger partial charge in [0.2, 0.25) is 0 Å². The predicted molar refractivity (Wildman–Crippen MR) is 69.4 cm³/mol. The quantitative estimate of drug-likeness (QED) is 0.650. The molecule has 0 saturated carbocycles. The molecule has 1 aromatic heterocycles. The first kappa shape index (κ1) is 14.5. The molecule has 0 bridgehead atoms. The van der Waals surface area contributed by atoms with Crippen molar-refractivity contribution in [3.63, 3.8) is 0 Å². The number of amides is 1. The number of aryl methyl sites for hydroxylation is 1. The highest BCUT2D eigenvalue weighted by Crippen LogP contribution is 2.11. The van der Waals surface area contributed by atoms with Crippen molar-refractivity contribution in [3.05, 3.63) is 18.0 Å². The lowest BCUT2D eigenvalue weighted by atomic mass is 10.3. The first-order valence-electron chi connectivity index (χ1n) is 5.99. The number of hydrogen-bond acceptors (Lipinski definition) is 4. The molecular formula is C12H21N3O3. The molecule has 1 amide bonds. The fourth-order valence-corrected chi connectivity index (χ4v) is 1.70. The molecule has 18 heavy (non-hydrogen) atoms. The third kappa shape index (κ3) is 4.05. The summed E-state index contributed by atoms with van der Waals surface area (Å²) in [6.07, 6.45) is 1.95. The van der Waals surface area contributed by atoms with Crippen LogP contribution in [0.3, 0.4) is 0 Å². The standard InChI is InChI=1S/C12H21N3O3/c1-3-4-15-7-9(13)5-11(15)12(17)14-6-10(16)8-18-2/h5,7,10,16H,3-4,6,8,13H2,1-2H3,(H,14,17). The minimum atomic E-state index is -0.703.